The summed E-state index contributed by atoms with van der Waals surface area (Å²) >= 11 is 0. The Labute approximate surface area is 113 Å². The van der Waals surface area contributed by atoms with Crippen LogP contribution < -0.4 is 5.43 Å². The van der Waals surface area contributed by atoms with Gasteiger partial charge in [0.2, 0.25) is 0 Å². The fourth-order valence-electron chi connectivity index (χ4n) is 1.75. The lowest BCUT2D eigenvalue weighted by molar-refractivity contribution is -0.145. The number of carbonyl (C=O) groups is 1. The normalized spacial score (nSPS) is 11.3. The number of nitrogens with one attached hydrogen (secondary N) is 1. The van der Waals surface area contributed by atoms with Gasteiger partial charge in [-0.2, -0.15) is 0 Å². The monoisotopic (exact) mass is 260 g/mol. The van der Waals surface area contributed by atoms with Gasteiger partial charge < -0.3 is 15.7 Å². The highest BCUT2D eigenvalue weighted by molar-refractivity contribution is 5.79. The average molecular weight is 260 g/mol. The summed E-state index contributed by atoms with van der Waals surface area (Å²) in [5.74, 6) is -0.477. The molecule has 1 unspecified atom stereocenters. The summed E-state index contributed by atoms with van der Waals surface area (Å²) in [4.78, 5) is 11.9. The first kappa shape index (κ1) is 14.9. The number of rotatable bonds is 6. The molecule has 0 bridgehead atoms. The van der Waals surface area contributed by atoms with Crippen LogP contribution in [0.2, 0.25) is 0 Å². The van der Waals surface area contributed by atoms with Crippen molar-refractivity contribution in [2.24, 2.45) is 5.22 Å². The van der Waals surface area contributed by atoms with Crippen LogP contribution in [0.15, 0.2) is 35.1 Å². The van der Waals surface area contributed by atoms with Crippen LogP contribution in [-0.4, -0.2) is 12.6 Å². The number of esters is 1. The summed E-state index contributed by atoms with van der Waals surface area (Å²) in [6.45, 7) is 5.94. The van der Waals surface area contributed by atoms with E-state index in [1.807, 2.05) is 38.1 Å². The summed E-state index contributed by atoms with van der Waals surface area (Å²) in [6, 6.07) is 6.58. The van der Waals surface area contributed by atoms with E-state index in [9.17, 15) is 4.79 Å². The lowest BCUT2D eigenvalue weighted by Gasteiger charge is -2.21. The van der Waals surface area contributed by atoms with Gasteiger partial charge in [-0.25, -0.2) is 0 Å². The highest BCUT2D eigenvalue weighted by Crippen LogP contribution is 2.22. The minimum absolute atomic E-state index is 0.271. The van der Waals surface area contributed by atoms with Gasteiger partial charge in [0.25, 0.3) is 0 Å². The van der Waals surface area contributed by atoms with Crippen molar-refractivity contribution in [3.8, 4) is 0 Å². The summed E-state index contributed by atoms with van der Waals surface area (Å²) in [7, 11) is 0. The highest BCUT2D eigenvalue weighted by atomic mass is 16.5. The van der Waals surface area contributed by atoms with Gasteiger partial charge in [0.05, 0.1) is 12.6 Å². The topological polar surface area (TPSA) is 73.0 Å². The van der Waals surface area contributed by atoms with Crippen molar-refractivity contribution in [1.29, 1.82) is 0 Å². The van der Waals surface area contributed by atoms with E-state index in [4.69, 9.17) is 10.3 Å². The molecule has 0 aromatic heterocycles. The number of allylic oxidation sites excluding steroid dienone is 1. The first-order chi connectivity index (χ1) is 9.10. The summed E-state index contributed by atoms with van der Waals surface area (Å²) in [6.07, 6.45) is 1.96. The number of benzene rings is 1. The molecule has 0 saturated carbocycles. The van der Waals surface area contributed by atoms with Gasteiger partial charge in [-0.3, -0.25) is 10.0 Å². The zero-order valence-corrected chi connectivity index (χ0v) is 11.4. The molecule has 0 aliphatic rings. The standard InChI is InChI=1S/C14H18N3O2/c1-4-19-14(18)13(16-17-15)12-8-6-5-7-11(12)9-10(2)3/h5-9,13H,4H2,1-3H3,(H-,15,16)/q-1. The van der Waals surface area contributed by atoms with Crippen LogP contribution in [0.4, 0.5) is 0 Å². The zero-order chi connectivity index (χ0) is 14.3. The predicted molar refractivity (Wildman–Crippen MR) is 74.1 cm³/mol. The fraction of sp³-hybridized carbons (Fsp3) is 0.357. The Kier molecular flexibility index (Phi) is 5.73. The first-order valence-electron chi connectivity index (χ1n) is 6.10. The molecule has 0 spiro atoms. The molecular formula is C14H18N3O2-. The van der Waals surface area contributed by atoms with Crippen molar-refractivity contribution in [2.45, 2.75) is 26.8 Å². The van der Waals surface area contributed by atoms with Crippen LogP contribution >= 0.6 is 0 Å². The predicted octanol–water partition coefficient (Wildman–Crippen LogP) is 3.24. The second kappa shape index (κ2) is 7.31. The second-order valence-electron chi connectivity index (χ2n) is 4.26. The third kappa shape index (κ3) is 4.21. The Bertz CT molecular complexity index is 479. The Balaban J connectivity index is 3.18. The molecule has 1 N–H and O–H groups in total. The van der Waals surface area contributed by atoms with E-state index in [-0.39, 0.29) is 6.61 Å². The van der Waals surface area contributed by atoms with Gasteiger partial charge >= 0.3 is 5.97 Å². The van der Waals surface area contributed by atoms with Crippen molar-refractivity contribution < 1.29 is 9.53 Å². The largest absolute Gasteiger partial charge is 0.466 e. The van der Waals surface area contributed by atoms with E-state index in [0.29, 0.717) is 5.56 Å². The van der Waals surface area contributed by atoms with Crippen LogP contribution in [0.25, 0.3) is 11.6 Å². The number of hydrogen-bond donors (Lipinski definition) is 1. The quantitative estimate of drug-likeness (QED) is 0.484. The Morgan fingerprint density at radius 1 is 1.47 bits per heavy atom. The van der Waals surface area contributed by atoms with Crippen molar-refractivity contribution >= 4 is 12.0 Å². The van der Waals surface area contributed by atoms with E-state index in [1.54, 1.807) is 13.0 Å². The van der Waals surface area contributed by atoms with E-state index in [0.717, 1.165) is 11.1 Å². The number of ether oxygens (including phenoxy) is 1. The Hall–Kier alpha value is -2.17. The third-order valence-corrected chi connectivity index (χ3v) is 2.46. The zero-order valence-electron chi connectivity index (χ0n) is 11.4. The molecule has 1 atom stereocenters. The van der Waals surface area contributed by atoms with E-state index >= 15 is 0 Å². The fourth-order valence-corrected chi connectivity index (χ4v) is 1.75. The van der Waals surface area contributed by atoms with Gasteiger partial charge in [0, 0.05) is 0 Å². The van der Waals surface area contributed by atoms with Gasteiger partial charge in [-0.15, -0.1) is 0 Å². The van der Waals surface area contributed by atoms with Crippen LogP contribution in [0.3, 0.4) is 0 Å². The molecule has 1 rings (SSSR count). The number of hydrogen-bond acceptors (Lipinski definition) is 3. The van der Waals surface area contributed by atoms with Crippen LogP contribution in [0.1, 0.15) is 37.9 Å². The van der Waals surface area contributed by atoms with Crippen LogP contribution in [-0.2, 0) is 9.53 Å². The maximum Gasteiger partial charge on any atom is 0.313 e. The third-order valence-electron chi connectivity index (χ3n) is 2.46. The minimum Gasteiger partial charge on any atom is -0.466 e. The molecule has 1 aromatic carbocycles. The molecule has 0 aliphatic heterocycles. The lowest BCUT2D eigenvalue weighted by Crippen LogP contribution is -2.27. The number of nitrogens with zero attached hydrogens (tertiary/aromatic N) is 2. The summed E-state index contributed by atoms with van der Waals surface area (Å²) in [5.41, 5.74) is 13.8. The maximum absolute atomic E-state index is 11.9. The van der Waals surface area contributed by atoms with E-state index < -0.39 is 12.0 Å². The van der Waals surface area contributed by atoms with Crippen molar-refractivity contribution in [1.82, 2.24) is 5.43 Å². The molecule has 19 heavy (non-hydrogen) atoms. The van der Waals surface area contributed by atoms with E-state index in [1.165, 1.54) is 0 Å². The molecule has 102 valence electrons. The Morgan fingerprint density at radius 2 is 2.16 bits per heavy atom. The molecule has 5 heteroatoms. The lowest BCUT2D eigenvalue weighted by atomic mass is 9.99. The Morgan fingerprint density at radius 3 is 2.74 bits per heavy atom. The molecular weight excluding hydrogens is 242 g/mol. The molecule has 0 amide bonds. The van der Waals surface area contributed by atoms with Crippen LogP contribution in [0, 0.1) is 0 Å². The maximum atomic E-state index is 11.9. The van der Waals surface area contributed by atoms with Crippen molar-refractivity contribution in [2.75, 3.05) is 6.61 Å². The molecule has 1 aromatic rings. The second-order valence-corrected chi connectivity index (χ2v) is 4.26. The molecule has 0 radical (unpaired) electrons. The SMILES string of the molecule is CCOC(=O)C(NN=[N-])c1ccccc1C=C(C)C. The number of carbonyl (C=O) groups excluding carboxylic acids is 1. The minimum atomic E-state index is -0.822. The summed E-state index contributed by atoms with van der Waals surface area (Å²) in [5, 5.41) is 2.86. The molecule has 0 fully saturated rings. The summed E-state index contributed by atoms with van der Waals surface area (Å²) < 4.78 is 4.98. The van der Waals surface area contributed by atoms with Gasteiger partial charge in [0.15, 0.2) is 0 Å². The molecule has 5 nitrogen and oxygen atoms in total. The molecule has 0 saturated heterocycles. The van der Waals surface area contributed by atoms with Crippen molar-refractivity contribution in [3.63, 3.8) is 0 Å². The molecule has 0 heterocycles. The molecule has 0 aliphatic carbocycles. The average Bonchev–Trinajstić information content (AvgIpc) is 2.36. The van der Waals surface area contributed by atoms with Gasteiger partial charge in [-0.05, 0) is 31.9 Å². The first-order valence-corrected chi connectivity index (χ1v) is 6.10. The van der Waals surface area contributed by atoms with Crippen LogP contribution in [0.5, 0.6) is 0 Å². The van der Waals surface area contributed by atoms with E-state index in [2.05, 4.69) is 10.6 Å². The smallest absolute Gasteiger partial charge is 0.313 e. The van der Waals surface area contributed by atoms with Gasteiger partial charge in [0.1, 0.15) is 0 Å². The van der Waals surface area contributed by atoms with Crippen molar-refractivity contribution in [3.05, 3.63) is 46.5 Å². The highest BCUT2D eigenvalue weighted by Gasteiger charge is 2.19. The van der Waals surface area contributed by atoms with Gasteiger partial charge in [-0.1, -0.05) is 35.9 Å².